The molecule has 1 radical (unpaired) electrons. The number of imide groups is 1. The van der Waals surface area contributed by atoms with Gasteiger partial charge in [0.2, 0.25) is 0 Å². The van der Waals surface area contributed by atoms with Crippen LogP contribution in [0.15, 0.2) is 12.3 Å². The summed E-state index contributed by atoms with van der Waals surface area (Å²) in [5.41, 5.74) is 0. The van der Waals surface area contributed by atoms with Crippen LogP contribution in [0.3, 0.4) is 0 Å². The Kier molecular flexibility index (Phi) is 6.78. The Morgan fingerprint density at radius 3 is 2.24 bits per heavy atom. The lowest BCUT2D eigenvalue weighted by Gasteiger charge is -1.97. The summed E-state index contributed by atoms with van der Waals surface area (Å²) in [7, 11) is 0. The van der Waals surface area contributed by atoms with Crippen LogP contribution in [0.2, 0.25) is 0 Å². The highest BCUT2D eigenvalue weighted by Crippen LogP contribution is 2.10. The second-order valence-corrected chi connectivity index (χ2v) is 4.60. The van der Waals surface area contributed by atoms with Gasteiger partial charge in [-0.3, -0.25) is 0 Å². The van der Waals surface area contributed by atoms with Crippen LogP contribution in [-0.2, 0) is 9.59 Å². The number of unbranched alkanes of at least 4 members (excludes halogenated alkanes) is 6. The van der Waals surface area contributed by atoms with E-state index >= 15 is 0 Å². The van der Waals surface area contributed by atoms with E-state index in [4.69, 9.17) is 0 Å². The van der Waals surface area contributed by atoms with Crippen molar-refractivity contribution in [3.05, 3.63) is 12.3 Å². The Morgan fingerprint density at radius 2 is 1.59 bits per heavy atom. The molecule has 0 saturated carbocycles. The van der Waals surface area contributed by atoms with E-state index in [2.05, 4.69) is 6.92 Å². The minimum absolute atomic E-state index is 0.0609. The minimum Gasteiger partial charge on any atom is -0.224 e. The molecule has 95 valence electrons. The monoisotopic (exact) mass is 237 g/mol. The number of hydrogen-bond donors (Lipinski definition) is 0. The number of hydrogen-bond acceptors (Lipinski definition) is 2. The number of likely N-dealkylation sites (tertiary alicyclic amines) is 1. The third-order valence-corrected chi connectivity index (χ3v) is 3.07. The van der Waals surface area contributed by atoms with Crippen molar-refractivity contribution in [1.82, 2.24) is 4.90 Å². The van der Waals surface area contributed by atoms with Crippen LogP contribution in [0.1, 0.15) is 64.7 Å². The molecule has 0 aromatic carbocycles. The number of amides is 2. The Hall–Kier alpha value is -0.960. The second-order valence-electron chi connectivity index (χ2n) is 4.60. The first-order valence-corrected chi connectivity index (χ1v) is 6.77. The molecular formula is C14H23NO2+. The zero-order valence-electron chi connectivity index (χ0n) is 10.8. The first kappa shape index (κ1) is 14.1. The van der Waals surface area contributed by atoms with Crippen LogP contribution in [0.25, 0.3) is 0 Å². The molecule has 17 heavy (non-hydrogen) atoms. The fourth-order valence-corrected chi connectivity index (χ4v) is 1.98. The molecule has 0 aromatic rings. The van der Waals surface area contributed by atoms with E-state index in [1.807, 2.05) is 6.08 Å². The van der Waals surface area contributed by atoms with Gasteiger partial charge < -0.3 is 0 Å². The van der Waals surface area contributed by atoms with Gasteiger partial charge in [0.15, 0.2) is 6.20 Å². The molecule has 1 rings (SSSR count). The van der Waals surface area contributed by atoms with Crippen molar-refractivity contribution in [2.75, 3.05) is 0 Å². The maximum atomic E-state index is 11.3. The molecule has 3 nitrogen and oxygen atoms in total. The van der Waals surface area contributed by atoms with E-state index in [0.717, 1.165) is 12.8 Å². The SMILES string of the molecule is CCCCCCCCC=C[N+]1C(=O)CCC1=O. The van der Waals surface area contributed by atoms with E-state index < -0.39 is 0 Å². The van der Waals surface area contributed by atoms with Gasteiger partial charge in [0.25, 0.3) is 0 Å². The summed E-state index contributed by atoms with van der Waals surface area (Å²) in [5, 5.41) is 0. The third kappa shape index (κ3) is 5.26. The first-order chi connectivity index (χ1) is 8.25. The molecule has 2 amide bonds. The molecule has 0 bridgehead atoms. The summed E-state index contributed by atoms with van der Waals surface area (Å²) in [5.74, 6) is -0.122. The number of carbonyl (C=O) groups excluding carboxylic acids is 2. The van der Waals surface area contributed by atoms with Gasteiger partial charge in [0, 0.05) is 0 Å². The van der Waals surface area contributed by atoms with Crippen LogP contribution in [0, 0.1) is 0 Å². The van der Waals surface area contributed by atoms with E-state index in [9.17, 15) is 9.59 Å². The van der Waals surface area contributed by atoms with Crippen molar-refractivity contribution in [1.29, 1.82) is 0 Å². The van der Waals surface area contributed by atoms with Crippen molar-refractivity contribution in [3.63, 3.8) is 0 Å². The molecule has 0 aliphatic carbocycles. The lowest BCUT2D eigenvalue weighted by Crippen LogP contribution is -2.29. The van der Waals surface area contributed by atoms with Gasteiger partial charge in [0.1, 0.15) is 0 Å². The molecule has 1 aliphatic rings. The minimum atomic E-state index is -0.0609. The van der Waals surface area contributed by atoms with Gasteiger partial charge in [0.05, 0.1) is 12.8 Å². The molecule has 0 atom stereocenters. The van der Waals surface area contributed by atoms with Crippen LogP contribution in [0.4, 0.5) is 0 Å². The Bertz CT molecular complexity index is 268. The van der Waals surface area contributed by atoms with Crippen molar-refractivity contribution in [2.45, 2.75) is 64.7 Å². The molecular weight excluding hydrogens is 214 g/mol. The first-order valence-electron chi connectivity index (χ1n) is 6.77. The summed E-state index contributed by atoms with van der Waals surface area (Å²) in [4.78, 5) is 23.8. The van der Waals surface area contributed by atoms with Gasteiger partial charge in [-0.25, -0.2) is 9.59 Å². The molecule has 1 heterocycles. The highest BCUT2D eigenvalue weighted by molar-refractivity contribution is 6.06. The standard InChI is InChI=1S/C14H23NO2/c1-2-3-4-5-6-7-8-9-12-15-13(16)10-11-14(15)17/h9,12H,2-8,10-11H2,1H3/q+1. The topological polar surface area (TPSA) is 40.0 Å². The smallest absolute Gasteiger partial charge is 0.224 e. The summed E-state index contributed by atoms with van der Waals surface area (Å²) in [6, 6.07) is 0. The van der Waals surface area contributed by atoms with Crippen molar-refractivity contribution >= 4 is 11.8 Å². The number of rotatable bonds is 8. The molecule has 0 unspecified atom stereocenters. The second kappa shape index (κ2) is 8.18. The molecule has 0 aromatic heterocycles. The Labute approximate surface area is 104 Å². The highest BCUT2D eigenvalue weighted by Gasteiger charge is 2.40. The number of nitrogens with zero attached hydrogens (tertiary/aromatic N) is 1. The third-order valence-electron chi connectivity index (χ3n) is 3.07. The normalized spacial score (nSPS) is 17.5. The Balaban J connectivity index is 2.06. The van der Waals surface area contributed by atoms with Crippen molar-refractivity contribution in [2.24, 2.45) is 0 Å². The summed E-state index contributed by atoms with van der Waals surface area (Å²) < 4.78 is 0. The van der Waals surface area contributed by atoms with E-state index in [-0.39, 0.29) is 11.8 Å². The van der Waals surface area contributed by atoms with Gasteiger partial charge >= 0.3 is 11.8 Å². The quantitative estimate of drug-likeness (QED) is 0.369. The fourth-order valence-electron chi connectivity index (χ4n) is 1.98. The fraction of sp³-hybridized carbons (Fsp3) is 0.714. The van der Waals surface area contributed by atoms with Crippen molar-refractivity contribution < 1.29 is 9.59 Å². The van der Waals surface area contributed by atoms with Crippen LogP contribution in [-0.4, -0.2) is 11.8 Å². The maximum Gasteiger partial charge on any atom is 0.375 e. The molecule has 0 spiro atoms. The van der Waals surface area contributed by atoms with Crippen LogP contribution >= 0.6 is 0 Å². The van der Waals surface area contributed by atoms with E-state index in [0.29, 0.717) is 12.8 Å². The zero-order chi connectivity index (χ0) is 12.5. The average Bonchev–Trinajstić information content (AvgIpc) is 2.63. The number of carbonyl (C=O) groups is 2. The van der Waals surface area contributed by atoms with E-state index in [1.165, 1.54) is 37.0 Å². The zero-order valence-corrected chi connectivity index (χ0v) is 10.8. The highest BCUT2D eigenvalue weighted by atomic mass is 16.2. The van der Waals surface area contributed by atoms with Crippen LogP contribution < -0.4 is 4.90 Å². The molecule has 1 fully saturated rings. The summed E-state index contributed by atoms with van der Waals surface area (Å²) in [6.45, 7) is 2.22. The van der Waals surface area contributed by atoms with Gasteiger partial charge in [-0.05, 0) is 23.8 Å². The average molecular weight is 237 g/mol. The largest absolute Gasteiger partial charge is 0.375 e. The van der Waals surface area contributed by atoms with E-state index in [1.54, 1.807) is 6.20 Å². The Morgan fingerprint density at radius 1 is 1.00 bits per heavy atom. The molecule has 1 aliphatic heterocycles. The summed E-state index contributed by atoms with van der Waals surface area (Å²) >= 11 is 0. The molecule has 1 saturated heterocycles. The van der Waals surface area contributed by atoms with Crippen LogP contribution in [0.5, 0.6) is 0 Å². The van der Waals surface area contributed by atoms with Crippen molar-refractivity contribution in [3.8, 4) is 0 Å². The predicted octanol–water partition coefficient (Wildman–Crippen LogP) is 3.24. The summed E-state index contributed by atoms with van der Waals surface area (Å²) in [6.07, 6.45) is 12.9. The predicted molar refractivity (Wildman–Crippen MR) is 68.5 cm³/mol. The maximum absolute atomic E-state index is 11.3. The van der Waals surface area contributed by atoms with Gasteiger partial charge in [-0.15, -0.1) is 0 Å². The molecule has 0 N–H and O–H groups in total. The molecule has 3 heteroatoms. The lowest BCUT2D eigenvalue weighted by atomic mass is 10.1. The number of allylic oxidation sites excluding steroid dienone is 1. The lowest BCUT2D eigenvalue weighted by molar-refractivity contribution is -0.129. The van der Waals surface area contributed by atoms with Gasteiger partial charge in [-0.1, -0.05) is 39.0 Å². The van der Waals surface area contributed by atoms with Gasteiger partial charge in [-0.2, -0.15) is 0 Å².